The second kappa shape index (κ2) is 3.09. The maximum Gasteiger partial charge on any atom is 0.128 e. The largest absolute Gasteiger partial charge is 0.352 e. The Balaban J connectivity index is 1.78. The summed E-state index contributed by atoms with van der Waals surface area (Å²) in [6, 6.07) is 8.29. The van der Waals surface area contributed by atoms with Gasteiger partial charge < -0.3 is 4.90 Å². The lowest BCUT2D eigenvalue weighted by molar-refractivity contribution is 0.399. The van der Waals surface area contributed by atoms with Crippen LogP contribution in [0, 0.1) is 17.2 Å². The third-order valence-electron chi connectivity index (χ3n) is 3.68. The van der Waals surface area contributed by atoms with Crippen LogP contribution in [0.2, 0.25) is 0 Å². The maximum absolute atomic E-state index is 8.10. The van der Waals surface area contributed by atoms with E-state index in [9.17, 15) is 0 Å². The molecule has 1 saturated carbocycles. The van der Waals surface area contributed by atoms with Gasteiger partial charge in [0.2, 0.25) is 0 Å². The summed E-state index contributed by atoms with van der Waals surface area (Å²) in [5.41, 5.74) is 2.45. The monoisotopic (exact) mass is 200 g/mol. The predicted molar refractivity (Wildman–Crippen MR) is 61.0 cm³/mol. The van der Waals surface area contributed by atoms with Crippen molar-refractivity contribution in [1.29, 1.82) is 5.41 Å². The Bertz CT molecular complexity index is 411. The molecule has 1 fully saturated rings. The van der Waals surface area contributed by atoms with Crippen LogP contribution in [0.1, 0.15) is 24.5 Å². The zero-order chi connectivity index (χ0) is 10.4. The van der Waals surface area contributed by atoms with E-state index in [-0.39, 0.29) is 0 Å². The van der Waals surface area contributed by atoms with Crippen LogP contribution in [0.15, 0.2) is 24.3 Å². The number of rotatable bonds is 2. The molecule has 0 radical (unpaired) electrons. The molecule has 2 unspecified atom stereocenters. The lowest BCUT2D eigenvalue weighted by Crippen LogP contribution is -2.26. The molecule has 0 bridgehead atoms. The molecule has 2 atom stereocenters. The lowest BCUT2D eigenvalue weighted by atomic mass is 10.1. The second-order valence-corrected chi connectivity index (χ2v) is 4.86. The predicted octanol–water partition coefficient (Wildman–Crippen LogP) is 2.48. The number of nitrogens with one attached hydrogen (secondary N) is 1. The van der Waals surface area contributed by atoms with Gasteiger partial charge in [0.1, 0.15) is 5.84 Å². The van der Waals surface area contributed by atoms with Gasteiger partial charge in [0.25, 0.3) is 0 Å². The molecule has 1 aliphatic carbocycles. The van der Waals surface area contributed by atoms with Gasteiger partial charge in [-0.1, -0.05) is 31.2 Å². The molecule has 2 aliphatic rings. The van der Waals surface area contributed by atoms with Crippen molar-refractivity contribution >= 4 is 5.84 Å². The summed E-state index contributed by atoms with van der Waals surface area (Å²) >= 11 is 0. The fourth-order valence-electron chi connectivity index (χ4n) is 2.44. The summed E-state index contributed by atoms with van der Waals surface area (Å²) in [5.74, 6) is 2.44. The Labute approximate surface area is 90.4 Å². The molecule has 0 amide bonds. The number of benzene rings is 1. The molecule has 1 N–H and O–H groups in total. The van der Waals surface area contributed by atoms with Crippen molar-refractivity contribution in [3.8, 4) is 0 Å². The third kappa shape index (κ3) is 1.44. The average molecular weight is 200 g/mol. The minimum Gasteiger partial charge on any atom is -0.352 e. The molecule has 3 rings (SSSR count). The number of nitrogens with zero attached hydrogens (tertiary/aromatic N) is 1. The lowest BCUT2D eigenvalue weighted by Gasteiger charge is -2.17. The molecule has 0 spiro atoms. The molecule has 0 aromatic heterocycles. The van der Waals surface area contributed by atoms with Gasteiger partial charge in [-0.05, 0) is 23.8 Å². The van der Waals surface area contributed by atoms with E-state index in [1.165, 1.54) is 12.0 Å². The smallest absolute Gasteiger partial charge is 0.128 e. The van der Waals surface area contributed by atoms with Crippen LogP contribution in [0.25, 0.3) is 0 Å². The SMILES string of the molecule is CC1CC1CN1Cc2ccccc2C1=N. The summed E-state index contributed by atoms with van der Waals surface area (Å²) in [6.07, 6.45) is 1.35. The molecule has 1 aromatic carbocycles. The van der Waals surface area contributed by atoms with Gasteiger partial charge in [0.05, 0.1) is 0 Å². The fraction of sp³-hybridized carbons (Fsp3) is 0.462. The molecule has 78 valence electrons. The first-order valence-electron chi connectivity index (χ1n) is 5.67. The zero-order valence-corrected chi connectivity index (χ0v) is 9.03. The topological polar surface area (TPSA) is 27.1 Å². The van der Waals surface area contributed by atoms with E-state index in [0.29, 0.717) is 0 Å². The molecule has 1 aromatic rings. The first-order chi connectivity index (χ1) is 7.25. The summed E-state index contributed by atoms with van der Waals surface area (Å²) < 4.78 is 0. The van der Waals surface area contributed by atoms with Gasteiger partial charge >= 0.3 is 0 Å². The van der Waals surface area contributed by atoms with Crippen molar-refractivity contribution in [2.45, 2.75) is 19.9 Å². The third-order valence-corrected chi connectivity index (χ3v) is 3.68. The van der Waals surface area contributed by atoms with E-state index < -0.39 is 0 Å². The number of fused-ring (bicyclic) bond motifs is 1. The quantitative estimate of drug-likeness (QED) is 0.780. The second-order valence-electron chi connectivity index (χ2n) is 4.86. The first-order valence-corrected chi connectivity index (χ1v) is 5.67. The average Bonchev–Trinajstić information content (AvgIpc) is 2.83. The Kier molecular flexibility index (Phi) is 1.84. The Morgan fingerprint density at radius 1 is 1.40 bits per heavy atom. The first kappa shape index (κ1) is 8.96. The summed E-state index contributed by atoms with van der Waals surface area (Å²) in [4.78, 5) is 2.22. The molecule has 1 aliphatic heterocycles. The minimum atomic E-state index is 0.727. The highest BCUT2D eigenvalue weighted by molar-refractivity contribution is 6.00. The van der Waals surface area contributed by atoms with E-state index in [0.717, 1.165) is 36.3 Å². The molecule has 15 heavy (non-hydrogen) atoms. The van der Waals surface area contributed by atoms with Gasteiger partial charge in [-0.2, -0.15) is 0 Å². The number of hydrogen-bond donors (Lipinski definition) is 1. The standard InChI is InChI=1S/C13H16N2/c1-9-6-11(9)8-15-7-10-4-2-3-5-12(10)13(15)14/h2-5,9,11,14H,6-8H2,1H3. The van der Waals surface area contributed by atoms with Gasteiger partial charge in [0.15, 0.2) is 0 Å². The van der Waals surface area contributed by atoms with Crippen LogP contribution in [-0.2, 0) is 6.54 Å². The van der Waals surface area contributed by atoms with Crippen molar-refractivity contribution in [3.63, 3.8) is 0 Å². The van der Waals surface area contributed by atoms with E-state index >= 15 is 0 Å². The minimum absolute atomic E-state index is 0.727. The van der Waals surface area contributed by atoms with E-state index in [1.807, 2.05) is 6.07 Å². The van der Waals surface area contributed by atoms with Crippen LogP contribution in [0.4, 0.5) is 0 Å². The molecule has 0 saturated heterocycles. The van der Waals surface area contributed by atoms with Gasteiger partial charge in [-0.15, -0.1) is 0 Å². The normalized spacial score (nSPS) is 28.1. The highest BCUT2D eigenvalue weighted by atomic mass is 15.2. The van der Waals surface area contributed by atoms with Gasteiger partial charge in [0, 0.05) is 18.7 Å². The zero-order valence-electron chi connectivity index (χ0n) is 9.03. The van der Waals surface area contributed by atoms with E-state index in [2.05, 4.69) is 30.0 Å². The van der Waals surface area contributed by atoms with Crippen molar-refractivity contribution in [2.75, 3.05) is 6.54 Å². The van der Waals surface area contributed by atoms with Crippen molar-refractivity contribution in [2.24, 2.45) is 11.8 Å². The van der Waals surface area contributed by atoms with Crippen LogP contribution < -0.4 is 0 Å². The highest BCUT2D eigenvalue weighted by Gasteiger charge is 2.36. The Hall–Kier alpha value is -1.31. The van der Waals surface area contributed by atoms with Crippen LogP contribution in [-0.4, -0.2) is 17.3 Å². The van der Waals surface area contributed by atoms with Crippen LogP contribution in [0.3, 0.4) is 0 Å². The summed E-state index contributed by atoms with van der Waals surface area (Å²) in [6.45, 7) is 4.32. The van der Waals surface area contributed by atoms with E-state index in [1.54, 1.807) is 0 Å². The highest BCUT2D eigenvalue weighted by Crippen LogP contribution is 2.39. The van der Waals surface area contributed by atoms with Gasteiger partial charge in [-0.3, -0.25) is 5.41 Å². The maximum atomic E-state index is 8.10. The van der Waals surface area contributed by atoms with E-state index in [4.69, 9.17) is 5.41 Å². The van der Waals surface area contributed by atoms with Crippen LogP contribution >= 0.6 is 0 Å². The Morgan fingerprint density at radius 3 is 2.80 bits per heavy atom. The molecular formula is C13H16N2. The molecule has 2 nitrogen and oxygen atoms in total. The molecule has 1 heterocycles. The Morgan fingerprint density at radius 2 is 2.13 bits per heavy atom. The molecular weight excluding hydrogens is 184 g/mol. The number of hydrogen-bond acceptors (Lipinski definition) is 1. The molecule has 2 heteroatoms. The van der Waals surface area contributed by atoms with Gasteiger partial charge in [-0.25, -0.2) is 0 Å². The number of amidine groups is 1. The fourth-order valence-corrected chi connectivity index (χ4v) is 2.44. The van der Waals surface area contributed by atoms with Crippen molar-refractivity contribution < 1.29 is 0 Å². The van der Waals surface area contributed by atoms with Crippen molar-refractivity contribution in [3.05, 3.63) is 35.4 Å². The van der Waals surface area contributed by atoms with Crippen LogP contribution in [0.5, 0.6) is 0 Å². The van der Waals surface area contributed by atoms with Crippen molar-refractivity contribution in [1.82, 2.24) is 4.90 Å². The summed E-state index contributed by atoms with van der Waals surface area (Å²) in [5, 5.41) is 8.10. The summed E-state index contributed by atoms with van der Waals surface area (Å²) in [7, 11) is 0.